The fraction of sp³-hybridized carbons (Fsp3) is 0.619. The van der Waals surface area contributed by atoms with Gasteiger partial charge < -0.3 is 19.5 Å². The summed E-state index contributed by atoms with van der Waals surface area (Å²) in [4.78, 5) is 14.0. The molecule has 1 aliphatic heterocycles. The van der Waals surface area contributed by atoms with E-state index < -0.39 is 6.09 Å². The lowest BCUT2D eigenvalue weighted by Crippen LogP contribution is -2.43. The Balaban J connectivity index is 1.57. The highest BCUT2D eigenvalue weighted by Gasteiger charge is 2.20. The number of carbonyl (C=O) groups excluding carboxylic acids is 1. The molecule has 8 nitrogen and oxygen atoms in total. The maximum atomic E-state index is 11.9. The number of fused-ring (bicyclic) bond motifs is 1. The van der Waals surface area contributed by atoms with Gasteiger partial charge in [-0.15, -0.1) is 0 Å². The molecule has 160 valence electrons. The van der Waals surface area contributed by atoms with E-state index in [1.165, 1.54) is 0 Å². The number of H-pyrrole nitrogens is 1. The van der Waals surface area contributed by atoms with Crippen molar-refractivity contribution in [2.45, 2.75) is 58.4 Å². The van der Waals surface area contributed by atoms with E-state index in [-0.39, 0.29) is 17.7 Å². The molecule has 2 atom stereocenters. The van der Waals surface area contributed by atoms with Crippen LogP contribution < -0.4 is 10.1 Å². The maximum Gasteiger partial charge on any atom is 0.407 e. The first-order chi connectivity index (χ1) is 13.7. The van der Waals surface area contributed by atoms with Crippen LogP contribution in [-0.2, 0) is 16.0 Å². The van der Waals surface area contributed by atoms with Crippen molar-refractivity contribution in [3.63, 3.8) is 0 Å². The summed E-state index contributed by atoms with van der Waals surface area (Å²) in [6, 6.07) is 5.96. The van der Waals surface area contributed by atoms with Crippen molar-refractivity contribution in [3.05, 3.63) is 23.9 Å². The highest BCUT2D eigenvalue weighted by atomic mass is 16.6. The first kappa shape index (κ1) is 21.4. The maximum absolute atomic E-state index is 11.9. The topological polar surface area (TPSA) is 88.7 Å². The van der Waals surface area contributed by atoms with Crippen LogP contribution >= 0.6 is 0 Å². The predicted molar refractivity (Wildman–Crippen MR) is 111 cm³/mol. The average Bonchev–Trinajstić information content (AvgIpc) is 3.23. The number of rotatable bonds is 7. The third-order valence-electron chi connectivity index (χ3n) is 4.58. The predicted octanol–water partition coefficient (Wildman–Crippen LogP) is 3.08. The second-order valence-corrected chi connectivity index (χ2v) is 8.77. The molecule has 2 unspecified atom stereocenters. The molecule has 8 heteroatoms. The van der Waals surface area contributed by atoms with Crippen molar-refractivity contribution < 1.29 is 19.0 Å². The normalized spacial score (nSPS) is 18.2. The van der Waals surface area contributed by atoms with Gasteiger partial charge in [0.2, 0.25) is 0 Å². The summed E-state index contributed by atoms with van der Waals surface area (Å²) in [7, 11) is 1.98. The van der Waals surface area contributed by atoms with Crippen LogP contribution in [0, 0.1) is 0 Å². The lowest BCUT2D eigenvalue weighted by atomic mass is 10.1. The van der Waals surface area contributed by atoms with Crippen molar-refractivity contribution in [1.29, 1.82) is 0 Å². The van der Waals surface area contributed by atoms with Gasteiger partial charge in [-0.2, -0.15) is 5.10 Å². The molecule has 1 aliphatic rings. The van der Waals surface area contributed by atoms with E-state index in [2.05, 4.69) is 20.4 Å². The van der Waals surface area contributed by atoms with Crippen molar-refractivity contribution in [3.8, 4) is 5.75 Å². The molecule has 2 heterocycles. The third-order valence-corrected chi connectivity index (χ3v) is 4.58. The smallest absolute Gasteiger partial charge is 0.407 e. The van der Waals surface area contributed by atoms with Gasteiger partial charge in [0.15, 0.2) is 0 Å². The number of aromatic nitrogens is 2. The zero-order valence-electron chi connectivity index (χ0n) is 17.9. The zero-order valence-corrected chi connectivity index (χ0v) is 17.9. The second-order valence-electron chi connectivity index (χ2n) is 8.77. The standard InChI is InChI=1S/C21H32N4O4/c1-14(28-20(26)22-21(2,3)4)11-25(5)12-19-17-10-15(6-7-18(17)23-24-19)29-16-8-9-27-13-16/h6-7,10,14,16H,8-9,11-13H2,1-5H3,(H,22,26)(H,23,24). The van der Waals surface area contributed by atoms with Gasteiger partial charge in [-0.1, -0.05) is 0 Å². The molecular formula is C21H32N4O4. The zero-order chi connectivity index (χ0) is 21.0. The minimum absolute atomic E-state index is 0.114. The summed E-state index contributed by atoms with van der Waals surface area (Å²) in [6.07, 6.45) is 0.387. The fourth-order valence-corrected chi connectivity index (χ4v) is 3.35. The number of nitrogens with one attached hydrogen (secondary N) is 2. The van der Waals surface area contributed by atoms with Crippen LogP contribution in [0.3, 0.4) is 0 Å². The number of hydrogen-bond acceptors (Lipinski definition) is 6. The Bertz CT molecular complexity index is 824. The van der Waals surface area contributed by atoms with E-state index in [0.717, 1.165) is 35.4 Å². The minimum Gasteiger partial charge on any atom is -0.488 e. The van der Waals surface area contributed by atoms with Crippen molar-refractivity contribution in [1.82, 2.24) is 20.4 Å². The highest BCUT2D eigenvalue weighted by molar-refractivity contribution is 5.82. The number of nitrogens with zero attached hydrogens (tertiary/aromatic N) is 2. The van der Waals surface area contributed by atoms with Gasteiger partial charge in [-0.3, -0.25) is 10.00 Å². The van der Waals surface area contributed by atoms with Crippen LogP contribution in [0.2, 0.25) is 0 Å². The van der Waals surface area contributed by atoms with E-state index in [4.69, 9.17) is 14.2 Å². The quantitative estimate of drug-likeness (QED) is 0.737. The van der Waals surface area contributed by atoms with E-state index in [1.807, 2.05) is 52.9 Å². The van der Waals surface area contributed by atoms with Crippen LogP contribution in [0.4, 0.5) is 4.79 Å². The van der Waals surface area contributed by atoms with Gasteiger partial charge in [-0.25, -0.2) is 4.79 Å². The molecule has 2 N–H and O–H groups in total. The molecule has 1 fully saturated rings. The molecule has 1 aromatic heterocycles. The van der Waals surface area contributed by atoms with Crippen LogP contribution in [0.5, 0.6) is 5.75 Å². The van der Waals surface area contributed by atoms with Gasteiger partial charge in [0, 0.05) is 30.4 Å². The monoisotopic (exact) mass is 404 g/mol. The van der Waals surface area contributed by atoms with Crippen LogP contribution in [0.15, 0.2) is 18.2 Å². The summed E-state index contributed by atoms with van der Waals surface area (Å²) in [5.74, 6) is 0.828. The van der Waals surface area contributed by atoms with E-state index in [0.29, 0.717) is 19.7 Å². The molecule has 2 aromatic rings. The van der Waals surface area contributed by atoms with Crippen molar-refractivity contribution >= 4 is 17.0 Å². The first-order valence-corrected chi connectivity index (χ1v) is 10.1. The van der Waals surface area contributed by atoms with E-state index in [1.54, 1.807) is 0 Å². The van der Waals surface area contributed by atoms with E-state index >= 15 is 0 Å². The molecule has 1 amide bonds. The molecule has 1 saturated heterocycles. The molecule has 29 heavy (non-hydrogen) atoms. The molecule has 0 saturated carbocycles. The SMILES string of the molecule is CC(CN(C)Cc1n[nH]c2ccc(OC3CCOC3)cc12)OC(=O)NC(C)(C)C. The van der Waals surface area contributed by atoms with Gasteiger partial charge >= 0.3 is 6.09 Å². The second kappa shape index (κ2) is 9.00. The Morgan fingerprint density at radius 1 is 1.45 bits per heavy atom. The molecule has 0 bridgehead atoms. The summed E-state index contributed by atoms with van der Waals surface area (Å²) >= 11 is 0. The van der Waals surface area contributed by atoms with Crippen LogP contribution in [0.1, 0.15) is 39.8 Å². The third kappa shape index (κ3) is 6.33. The summed E-state index contributed by atoms with van der Waals surface area (Å²) < 4.78 is 16.8. The van der Waals surface area contributed by atoms with Gasteiger partial charge in [0.05, 0.1) is 24.4 Å². The number of alkyl carbamates (subject to hydrolysis) is 1. The molecular weight excluding hydrogens is 372 g/mol. The fourth-order valence-electron chi connectivity index (χ4n) is 3.35. The summed E-state index contributed by atoms with van der Waals surface area (Å²) in [5.41, 5.74) is 1.58. The number of hydrogen-bond donors (Lipinski definition) is 2. The first-order valence-electron chi connectivity index (χ1n) is 10.1. The largest absolute Gasteiger partial charge is 0.488 e. The van der Waals surface area contributed by atoms with Crippen molar-refractivity contribution in [2.24, 2.45) is 0 Å². The van der Waals surface area contributed by atoms with Gasteiger partial charge in [-0.05, 0) is 52.9 Å². The number of carbonyl (C=O) groups is 1. The van der Waals surface area contributed by atoms with E-state index in [9.17, 15) is 4.79 Å². The minimum atomic E-state index is -0.402. The van der Waals surface area contributed by atoms with Gasteiger partial charge in [0.25, 0.3) is 0 Å². The number of amides is 1. The Labute approximate surface area is 171 Å². The lowest BCUT2D eigenvalue weighted by Gasteiger charge is -2.24. The molecule has 0 radical (unpaired) electrons. The Hall–Kier alpha value is -2.32. The lowest BCUT2D eigenvalue weighted by molar-refractivity contribution is 0.0791. The number of likely N-dealkylation sites (N-methyl/N-ethyl adjacent to an activating group) is 1. The van der Waals surface area contributed by atoms with Crippen LogP contribution in [-0.4, -0.2) is 65.7 Å². The highest BCUT2D eigenvalue weighted by Crippen LogP contribution is 2.25. The number of ether oxygens (including phenoxy) is 3. The molecule has 0 aliphatic carbocycles. The molecule has 3 rings (SSSR count). The number of aromatic amines is 1. The number of benzene rings is 1. The average molecular weight is 405 g/mol. The Morgan fingerprint density at radius 3 is 2.93 bits per heavy atom. The summed E-state index contributed by atoms with van der Waals surface area (Å²) in [6.45, 7) is 10.3. The Kier molecular flexibility index (Phi) is 6.64. The Morgan fingerprint density at radius 2 is 2.24 bits per heavy atom. The van der Waals surface area contributed by atoms with Gasteiger partial charge in [0.1, 0.15) is 18.0 Å². The van der Waals surface area contributed by atoms with Crippen LogP contribution in [0.25, 0.3) is 10.9 Å². The molecule has 1 aromatic carbocycles. The van der Waals surface area contributed by atoms with Crippen molar-refractivity contribution in [2.75, 3.05) is 26.8 Å². The summed E-state index contributed by atoms with van der Waals surface area (Å²) in [5, 5.41) is 11.4. The molecule has 0 spiro atoms.